The van der Waals surface area contributed by atoms with Gasteiger partial charge in [-0.1, -0.05) is 18.9 Å². The van der Waals surface area contributed by atoms with Gasteiger partial charge in [-0.2, -0.15) is 0 Å². The first-order chi connectivity index (χ1) is 14.8. The molecule has 1 aromatic carbocycles. The van der Waals surface area contributed by atoms with Crippen LogP contribution in [0.5, 0.6) is 11.5 Å². The highest BCUT2D eigenvalue weighted by Crippen LogP contribution is 2.45. The second-order valence-electron chi connectivity index (χ2n) is 8.46. The van der Waals surface area contributed by atoms with E-state index in [1.165, 1.54) is 4.90 Å². The van der Waals surface area contributed by atoms with Crippen molar-refractivity contribution in [3.05, 3.63) is 23.8 Å². The SMILES string of the molecule is CCN(C(=O)COC(=O)C1(c2ccc3c(c2)OCCO3)CCCC1)C1CCS(=O)(=O)C1. The van der Waals surface area contributed by atoms with Gasteiger partial charge < -0.3 is 19.1 Å². The summed E-state index contributed by atoms with van der Waals surface area (Å²) in [7, 11) is -3.11. The fourth-order valence-electron chi connectivity index (χ4n) is 4.94. The lowest BCUT2D eigenvalue weighted by Gasteiger charge is -2.30. The molecule has 0 aromatic heterocycles. The lowest BCUT2D eigenvalue weighted by Crippen LogP contribution is -2.44. The molecule has 2 heterocycles. The minimum atomic E-state index is -3.11. The van der Waals surface area contributed by atoms with Crippen molar-refractivity contribution in [3.63, 3.8) is 0 Å². The van der Waals surface area contributed by atoms with Crippen LogP contribution in [0.2, 0.25) is 0 Å². The molecule has 1 aliphatic carbocycles. The first-order valence-electron chi connectivity index (χ1n) is 10.9. The largest absolute Gasteiger partial charge is 0.486 e. The van der Waals surface area contributed by atoms with Crippen molar-refractivity contribution in [3.8, 4) is 11.5 Å². The molecule has 0 bridgehead atoms. The smallest absolute Gasteiger partial charge is 0.317 e. The van der Waals surface area contributed by atoms with E-state index in [4.69, 9.17) is 14.2 Å². The van der Waals surface area contributed by atoms with Crippen molar-refractivity contribution in [2.45, 2.75) is 50.5 Å². The molecule has 4 rings (SSSR count). The molecule has 1 atom stereocenters. The first kappa shape index (κ1) is 21.9. The van der Waals surface area contributed by atoms with Crippen molar-refractivity contribution in [2.75, 3.05) is 37.9 Å². The van der Waals surface area contributed by atoms with E-state index >= 15 is 0 Å². The lowest BCUT2D eigenvalue weighted by molar-refractivity contribution is -0.157. The van der Waals surface area contributed by atoms with Gasteiger partial charge >= 0.3 is 5.97 Å². The Morgan fingerprint density at radius 2 is 1.87 bits per heavy atom. The summed E-state index contributed by atoms with van der Waals surface area (Å²) < 4.78 is 40.4. The second-order valence-corrected chi connectivity index (χ2v) is 10.7. The number of hydrogen-bond donors (Lipinski definition) is 0. The number of rotatable bonds is 6. The fraction of sp³-hybridized carbons (Fsp3) is 0.636. The van der Waals surface area contributed by atoms with E-state index in [1.807, 2.05) is 18.2 Å². The van der Waals surface area contributed by atoms with Crippen LogP contribution in [-0.2, 0) is 29.6 Å². The number of esters is 1. The third kappa shape index (κ3) is 4.37. The van der Waals surface area contributed by atoms with Crippen LogP contribution in [0.15, 0.2) is 18.2 Å². The van der Waals surface area contributed by atoms with Gasteiger partial charge in [0.2, 0.25) is 0 Å². The van der Waals surface area contributed by atoms with Crippen molar-refractivity contribution in [2.24, 2.45) is 0 Å². The van der Waals surface area contributed by atoms with Gasteiger partial charge in [0.05, 0.1) is 16.9 Å². The monoisotopic (exact) mass is 451 g/mol. The summed E-state index contributed by atoms with van der Waals surface area (Å²) in [6.45, 7) is 2.77. The number of sulfone groups is 1. The van der Waals surface area contributed by atoms with Crippen LogP contribution in [-0.4, -0.2) is 69.1 Å². The summed E-state index contributed by atoms with van der Waals surface area (Å²) in [5.74, 6) is 0.588. The minimum absolute atomic E-state index is 0.0261. The zero-order chi connectivity index (χ0) is 22.1. The predicted octanol–water partition coefficient (Wildman–Crippen LogP) is 1.85. The Bertz CT molecular complexity index is 953. The first-order valence-corrected chi connectivity index (χ1v) is 12.7. The summed E-state index contributed by atoms with van der Waals surface area (Å²) in [5, 5.41) is 0. The quantitative estimate of drug-likeness (QED) is 0.609. The number of ether oxygens (including phenoxy) is 3. The van der Waals surface area contributed by atoms with E-state index in [0.29, 0.717) is 50.5 Å². The van der Waals surface area contributed by atoms with E-state index < -0.39 is 21.2 Å². The molecule has 1 saturated carbocycles. The average Bonchev–Trinajstić information content (AvgIpc) is 3.40. The molecular weight excluding hydrogens is 422 g/mol. The lowest BCUT2D eigenvalue weighted by atomic mass is 9.78. The Hall–Kier alpha value is -2.29. The van der Waals surface area contributed by atoms with E-state index in [-0.39, 0.29) is 30.1 Å². The number of fused-ring (bicyclic) bond motifs is 1. The molecule has 2 fully saturated rings. The van der Waals surface area contributed by atoms with Crippen molar-refractivity contribution >= 4 is 21.7 Å². The normalized spacial score (nSPS) is 23.3. The van der Waals surface area contributed by atoms with Gasteiger partial charge in [-0.25, -0.2) is 8.42 Å². The summed E-state index contributed by atoms with van der Waals surface area (Å²) in [6.07, 6.45) is 3.53. The van der Waals surface area contributed by atoms with Gasteiger partial charge in [-0.3, -0.25) is 9.59 Å². The molecule has 1 unspecified atom stereocenters. The second kappa shape index (κ2) is 8.68. The number of benzene rings is 1. The van der Waals surface area contributed by atoms with Crippen molar-refractivity contribution < 1.29 is 32.2 Å². The summed E-state index contributed by atoms with van der Waals surface area (Å²) in [5.41, 5.74) is 0.0186. The minimum Gasteiger partial charge on any atom is -0.486 e. The number of likely N-dealkylation sites (N-methyl/N-ethyl adjacent to an activating group) is 1. The molecule has 2 aliphatic heterocycles. The highest BCUT2D eigenvalue weighted by Gasteiger charge is 2.45. The molecule has 170 valence electrons. The summed E-state index contributed by atoms with van der Waals surface area (Å²) in [6, 6.07) is 5.20. The Labute approximate surface area is 182 Å². The van der Waals surface area contributed by atoms with E-state index in [2.05, 4.69) is 0 Å². The molecule has 1 saturated heterocycles. The number of amides is 1. The molecule has 8 nitrogen and oxygen atoms in total. The number of hydrogen-bond acceptors (Lipinski definition) is 7. The number of carbonyl (C=O) groups excluding carboxylic acids is 2. The number of nitrogens with zero attached hydrogens (tertiary/aromatic N) is 1. The van der Waals surface area contributed by atoms with E-state index in [9.17, 15) is 18.0 Å². The van der Waals surface area contributed by atoms with Crippen LogP contribution in [0.1, 0.15) is 44.6 Å². The van der Waals surface area contributed by atoms with Gasteiger partial charge in [0.1, 0.15) is 13.2 Å². The molecule has 9 heteroatoms. The maximum atomic E-state index is 13.2. The Balaban J connectivity index is 1.46. The molecule has 0 radical (unpaired) electrons. The van der Waals surface area contributed by atoms with Gasteiger partial charge in [-0.15, -0.1) is 0 Å². The Morgan fingerprint density at radius 1 is 1.16 bits per heavy atom. The van der Waals surface area contributed by atoms with Gasteiger partial charge in [0.15, 0.2) is 27.9 Å². The fourth-order valence-corrected chi connectivity index (χ4v) is 6.67. The molecule has 31 heavy (non-hydrogen) atoms. The Kier molecular flexibility index (Phi) is 6.14. The van der Waals surface area contributed by atoms with Gasteiger partial charge in [0, 0.05) is 12.6 Å². The van der Waals surface area contributed by atoms with Crippen molar-refractivity contribution in [1.82, 2.24) is 4.90 Å². The summed E-state index contributed by atoms with van der Waals surface area (Å²) in [4.78, 5) is 27.5. The molecular formula is C22H29NO7S. The zero-order valence-corrected chi connectivity index (χ0v) is 18.6. The summed E-state index contributed by atoms with van der Waals surface area (Å²) >= 11 is 0. The Morgan fingerprint density at radius 3 is 2.52 bits per heavy atom. The maximum absolute atomic E-state index is 13.2. The highest BCUT2D eigenvalue weighted by molar-refractivity contribution is 7.91. The standard InChI is InChI=1S/C22H29NO7S/c1-2-23(17-7-12-31(26,27)15-17)20(24)14-30-21(25)22(8-3-4-9-22)16-5-6-18-19(13-16)29-11-10-28-18/h5-6,13,17H,2-4,7-12,14-15H2,1H3. The zero-order valence-electron chi connectivity index (χ0n) is 17.8. The van der Waals surface area contributed by atoms with Crippen LogP contribution in [0.25, 0.3) is 0 Å². The molecule has 0 spiro atoms. The van der Waals surface area contributed by atoms with Gasteiger partial charge in [-0.05, 0) is 43.9 Å². The van der Waals surface area contributed by atoms with Crippen LogP contribution in [0.4, 0.5) is 0 Å². The van der Waals surface area contributed by atoms with E-state index in [0.717, 1.165) is 18.4 Å². The van der Waals surface area contributed by atoms with Crippen LogP contribution in [0, 0.1) is 0 Å². The molecule has 3 aliphatic rings. The maximum Gasteiger partial charge on any atom is 0.317 e. The molecule has 0 N–H and O–H groups in total. The number of carbonyl (C=O) groups is 2. The van der Waals surface area contributed by atoms with Crippen LogP contribution in [0.3, 0.4) is 0 Å². The topological polar surface area (TPSA) is 99.2 Å². The molecule has 1 aromatic rings. The third-order valence-electron chi connectivity index (χ3n) is 6.58. The van der Waals surface area contributed by atoms with E-state index in [1.54, 1.807) is 6.92 Å². The van der Waals surface area contributed by atoms with Crippen LogP contribution < -0.4 is 9.47 Å². The predicted molar refractivity (Wildman–Crippen MR) is 113 cm³/mol. The average molecular weight is 452 g/mol. The van der Waals surface area contributed by atoms with Gasteiger partial charge in [0.25, 0.3) is 5.91 Å². The molecule has 1 amide bonds. The highest BCUT2D eigenvalue weighted by atomic mass is 32.2. The van der Waals surface area contributed by atoms with Crippen LogP contribution >= 0.6 is 0 Å². The third-order valence-corrected chi connectivity index (χ3v) is 8.33. The van der Waals surface area contributed by atoms with Crippen molar-refractivity contribution in [1.29, 1.82) is 0 Å².